The average Bonchev–Trinajstić information content (AvgIpc) is 2.38. The van der Waals surface area contributed by atoms with Crippen LogP contribution in [0.4, 0.5) is 18.9 Å². The lowest BCUT2D eigenvalue weighted by molar-refractivity contribution is -0.384. The van der Waals surface area contributed by atoms with E-state index in [0.717, 1.165) is 42.5 Å². The van der Waals surface area contributed by atoms with Crippen molar-refractivity contribution >= 4 is 5.69 Å². The van der Waals surface area contributed by atoms with Gasteiger partial charge < -0.3 is 5.11 Å². The zero-order valence-electron chi connectivity index (χ0n) is 9.89. The van der Waals surface area contributed by atoms with E-state index in [0.29, 0.717) is 0 Å². The second-order valence-corrected chi connectivity index (χ2v) is 4.03. The summed E-state index contributed by atoms with van der Waals surface area (Å²) in [5.41, 5.74) is -0.712. The highest BCUT2D eigenvalue weighted by molar-refractivity contribution is 5.72. The molecule has 0 atom stereocenters. The molecule has 0 aliphatic heterocycles. The maximum atomic E-state index is 12.4. The number of alkyl halides is 3. The lowest BCUT2D eigenvalue weighted by atomic mass is 10.0. The van der Waals surface area contributed by atoms with Crippen molar-refractivity contribution in [2.45, 2.75) is 6.18 Å². The van der Waals surface area contributed by atoms with Crippen LogP contribution in [0.2, 0.25) is 0 Å². The fraction of sp³-hybridized carbons (Fsp3) is 0.0769. The maximum Gasteiger partial charge on any atom is 0.416 e. The van der Waals surface area contributed by atoms with Crippen molar-refractivity contribution in [1.29, 1.82) is 0 Å². The Labute approximate surface area is 111 Å². The zero-order chi connectivity index (χ0) is 14.9. The summed E-state index contributed by atoms with van der Waals surface area (Å²) < 4.78 is 37.3. The van der Waals surface area contributed by atoms with Crippen LogP contribution in [0, 0.1) is 10.1 Å². The highest BCUT2D eigenvalue weighted by Crippen LogP contribution is 2.35. The van der Waals surface area contributed by atoms with E-state index >= 15 is 0 Å². The average molecular weight is 283 g/mol. The van der Waals surface area contributed by atoms with Crippen molar-refractivity contribution in [3.63, 3.8) is 0 Å². The quantitative estimate of drug-likeness (QED) is 0.669. The van der Waals surface area contributed by atoms with Gasteiger partial charge in [-0.2, -0.15) is 13.2 Å². The molecule has 2 aromatic rings. The van der Waals surface area contributed by atoms with Gasteiger partial charge in [-0.3, -0.25) is 10.1 Å². The van der Waals surface area contributed by atoms with Crippen molar-refractivity contribution in [3.8, 4) is 16.9 Å². The molecular weight excluding hydrogens is 275 g/mol. The minimum atomic E-state index is -4.46. The summed E-state index contributed by atoms with van der Waals surface area (Å²) in [5, 5.41) is 20.3. The van der Waals surface area contributed by atoms with Gasteiger partial charge in [-0.1, -0.05) is 12.1 Å². The van der Waals surface area contributed by atoms with Crippen LogP contribution >= 0.6 is 0 Å². The minimum absolute atomic E-state index is 0.105. The summed E-state index contributed by atoms with van der Waals surface area (Å²) in [6.07, 6.45) is -4.46. The van der Waals surface area contributed by atoms with Crippen LogP contribution in [0.5, 0.6) is 5.75 Å². The number of nitrogens with zero attached hydrogens (tertiary/aromatic N) is 1. The molecule has 0 heterocycles. The molecule has 0 saturated heterocycles. The van der Waals surface area contributed by atoms with Crippen LogP contribution in [0.1, 0.15) is 5.56 Å². The van der Waals surface area contributed by atoms with Crippen molar-refractivity contribution in [2.24, 2.45) is 0 Å². The largest absolute Gasteiger partial charge is 0.507 e. The van der Waals surface area contributed by atoms with E-state index in [1.165, 1.54) is 0 Å². The van der Waals surface area contributed by atoms with Gasteiger partial charge in [0.15, 0.2) is 0 Å². The molecule has 0 fully saturated rings. The van der Waals surface area contributed by atoms with Crippen LogP contribution in [0.25, 0.3) is 11.1 Å². The molecule has 0 unspecified atom stereocenters. The molecule has 0 amide bonds. The molecule has 2 aromatic carbocycles. The number of rotatable bonds is 2. The van der Waals surface area contributed by atoms with Crippen molar-refractivity contribution in [2.75, 3.05) is 0 Å². The Morgan fingerprint density at radius 2 is 1.65 bits per heavy atom. The fourth-order valence-corrected chi connectivity index (χ4v) is 1.71. The van der Waals surface area contributed by atoms with Crippen molar-refractivity contribution in [1.82, 2.24) is 0 Å². The number of nitro groups is 1. The molecule has 20 heavy (non-hydrogen) atoms. The number of aromatic hydroxyl groups is 1. The lowest BCUT2D eigenvalue weighted by Crippen LogP contribution is -2.04. The van der Waals surface area contributed by atoms with E-state index in [1.54, 1.807) is 0 Å². The third-order valence-electron chi connectivity index (χ3n) is 2.71. The molecule has 1 N–H and O–H groups in total. The Morgan fingerprint density at radius 1 is 1.05 bits per heavy atom. The molecule has 104 valence electrons. The van der Waals surface area contributed by atoms with Crippen molar-refractivity contribution < 1.29 is 23.2 Å². The number of nitro benzene ring substituents is 1. The Morgan fingerprint density at radius 3 is 2.15 bits per heavy atom. The molecule has 2 rings (SSSR count). The topological polar surface area (TPSA) is 63.4 Å². The number of hydrogen-bond acceptors (Lipinski definition) is 3. The van der Waals surface area contributed by atoms with Gasteiger partial charge in [0.05, 0.1) is 10.5 Å². The zero-order valence-corrected chi connectivity index (χ0v) is 9.89. The van der Waals surface area contributed by atoms with Gasteiger partial charge in [0.25, 0.3) is 5.69 Å². The molecule has 0 aromatic heterocycles. The number of non-ortho nitro benzene ring substituents is 1. The third-order valence-corrected chi connectivity index (χ3v) is 2.71. The van der Waals surface area contributed by atoms with E-state index < -0.39 is 16.7 Å². The number of phenolic OH excluding ortho intramolecular Hbond substituents is 1. The van der Waals surface area contributed by atoms with Gasteiger partial charge in [0.1, 0.15) is 5.75 Å². The smallest absolute Gasteiger partial charge is 0.416 e. The maximum absolute atomic E-state index is 12.4. The van der Waals surface area contributed by atoms with Crippen LogP contribution < -0.4 is 0 Å². The summed E-state index contributed by atoms with van der Waals surface area (Å²) in [4.78, 5) is 10.0. The molecule has 0 saturated carbocycles. The molecule has 0 aliphatic carbocycles. The normalized spacial score (nSPS) is 11.3. The fourth-order valence-electron chi connectivity index (χ4n) is 1.71. The third kappa shape index (κ3) is 2.71. The first-order chi connectivity index (χ1) is 9.29. The Hall–Kier alpha value is -2.57. The van der Waals surface area contributed by atoms with E-state index in [2.05, 4.69) is 0 Å². The highest BCUT2D eigenvalue weighted by Gasteiger charge is 2.30. The van der Waals surface area contributed by atoms with Crippen LogP contribution in [-0.4, -0.2) is 10.0 Å². The van der Waals surface area contributed by atoms with E-state index in [-0.39, 0.29) is 22.6 Å². The Bertz CT molecular complexity index is 651. The lowest BCUT2D eigenvalue weighted by Gasteiger charge is -2.08. The second-order valence-electron chi connectivity index (χ2n) is 4.03. The van der Waals surface area contributed by atoms with Gasteiger partial charge in [0.2, 0.25) is 0 Å². The molecule has 4 nitrogen and oxygen atoms in total. The second kappa shape index (κ2) is 4.84. The van der Waals surface area contributed by atoms with E-state index in [9.17, 15) is 28.4 Å². The first-order valence-electron chi connectivity index (χ1n) is 5.44. The summed E-state index contributed by atoms with van der Waals surface area (Å²) in [7, 11) is 0. The predicted octanol–water partition coefficient (Wildman–Crippen LogP) is 3.99. The van der Waals surface area contributed by atoms with Gasteiger partial charge in [-0.15, -0.1) is 0 Å². The molecule has 7 heteroatoms. The summed E-state index contributed by atoms with van der Waals surface area (Å²) >= 11 is 0. The molecule has 0 radical (unpaired) electrons. The number of hydrogen-bond donors (Lipinski definition) is 1. The van der Waals surface area contributed by atoms with E-state index in [4.69, 9.17) is 0 Å². The Balaban J connectivity index is 2.46. The number of halogens is 3. The first-order valence-corrected chi connectivity index (χ1v) is 5.44. The van der Waals surface area contributed by atoms with Gasteiger partial charge in [-0.05, 0) is 23.8 Å². The van der Waals surface area contributed by atoms with Crippen LogP contribution in [0.15, 0.2) is 42.5 Å². The SMILES string of the molecule is O=[N+]([O-])c1ccc(O)c(-c2ccc(C(F)(F)F)cc2)c1. The predicted molar refractivity (Wildman–Crippen MR) is 65.2 cm³/mol. The molecule has 0 aliphatic rings. The summed E-state index contributed by atoms with van der Waals surface area (Å²) in [5.74, 6) is -0.240. The van der Waals surface area contributed by atoms with E-state index in [1.807, 2.05) is 0 Å². The van der Waals surface area contributed by atoms with Gasteiger partial charge in [-0.25, -0.2) is 0 Å². The first kappa shape index (κ1) is 13.9. The highest BCUT2D eigenvalue weighted by atomic mass is 19.4. The monoisotopic (exact) mass is 283 g/mol. The Kier molecular flexibility index (Phi) is 3.35. The minimum Gasteiger partial charge on any atom is -0.507 e. The molecule has 0 spiro atoms. The summed E-state index contributed by atoms with van der Waals surface area (Å²) in [6, 6.07) is 7.37. The van der Waals surface area contributed by atoms with Gasteiger partial charge in [0, 0.05) is 17.7 Å². The van der Waals surface area contributed by atoms with Crippen molar-refractivity contribution in [3.05, 3.63) is 58.1 Å². The molecular formula is C13H8F3NO3. The number of benzene rings is 2. The van der Waals surface area contributed by atoms with Crippen LogP contribution in [-0.2, 0) is 6.18 Å². The summed E-state index contributed by atoms with van der Waals surface area (Å²) in [6.45, 7) is 0. The van der Waals surface area contributed by atoms with Crippen LogP contribution in [0.3, 0.4) is 0 Å². The standard InChI is InChI=1S/C13H8F3NO3/c14-13(15,16)9-3-1-8(2-4-9)11-7-10(17(19)20)5-6-12(11)18/h1-7,18H. The molecule has 0 bridgehead atoms. The number of phenols is 1. The van der Waals surface area contributed by atoms with Gasteiger partial charge >= 0.3 is 6.18 Å².